The number of carbonyl (C=O) groups is 2. The first kappa shape index (κ1) is 20.6. The van der Waals surface area contributed by atoms with Crippen LogP contribution in [-0.4, -0.2) is 60.1 Å². The molecule has 2 amide bonds. The Hall–Kier alpha value is -3.16. The second kappa shape index (κ2) is 9.86. The predicted molar refractivity (Wildman–Crippen MR) is 110 cm³/mol. The fraction of sp³-hybridized carbons (Fsp3) is 0.273. The first-order valence-electron chi connectivity index (χ1n) is 9.46. The first-order chi connectivity index (χ1) is 14.1. The molecule has 2 N–H and O–H groups in total. The number of hydrogen-bond donors (Lipinski definition) is 2. The van der Waals surface area contributed by atoms with Crippen LogP contribution in [0.3, 0.4) is 0 Å². The summed E-state index contributed by atoms with van der Waals surface area (Å²) in [6.07, 6.45) is 2.79. The molecule has 0 aliphatic carbocycles. The third-order valence-corrected chi connectivity index (χ3v) is 4.94. The van der Waals surface area contributed by atoms with Crippen LogP contribution in [0.15, 0.2) is 54.6 Å². The molecular formula is C22H25N3O4. The third-order valence-electron chi connectivity index (χ3n) is 4.94. The van der Waals surface area contributed by atoms with Gasteiger partial charge < -0.3 is 9.64 Å². The SMILES string of the molecule is COc1ccccc1CN1CCN(C(=O)c2ccc(C=CC(=O)NO)cc2)CC1. The summed E-state index contributed by atoms with van der Waals surface area (Å²) in [6, 6.07) is 15.0. The highest BCUT2D eigenvalue weighted by Crippen LogP contribution is 2.20. The van der Waals surface area contributed by atoms with Gasteiger partial charge in [0.05, 0.1) is 7.11 Å². The molecule has 0 atom stereocenters. The molecular weight excluding hydrogens is 370 g/mol. The fourth-order valence-electron chi connectivity index (χ4n) is 3.31. The molecule has 2 aromatic rings. The first-order valence-corrected chi connectivity index (χ1v) is 9.46. The fourth-order valence-corrected chi connectivity index (χ4v) is 3.31. The quantitative estimate of drug-likeness (QED) is 0.445. The number of amides is 2. The highest BCUT2D eigenvalue weighted by molar-refractivity contribution is 5.95. The molecule has 0 unspecified atom stereocenters. The smallest absolute Gasteiger partial charge is 0.267 e. The monoisotopic (exact) mass is 395 g/mol. The number of rotatable bonds is 6. The van der Waals surface area contributed by atoms with Gasteiger partial charge in [-0.2, -0.15) is 0 Å². The van der Waals surface area contributed by atoms with Crippen molar-refractivity contribution >= 4 is 17.9 Å². The molecule has 0 aromatic heterocycles. The van der Waals surface area contributed by atoms with Gasteiger partial charge in [0.2, 0.25) is 0 Å². The Labute approximate surface area is 170 Å². The minimum absolute atomic E-state index is 0.00516. The summed E-state index contributed by atoms with van der Waals surface area (Å²) in [5.74, 6) is 0.290. The Bertz CT molecular complexity index is 872. The van der Waals surface area contributed by atoms with E-state index in [1.807, 2.05) is 23.1 Å². The molecule has 1 heterocycles. The van der Waals surface area contributed by atoms with E-state index in [1.54, 1.807) is 37.5 Å². The van der Waals surface area contributed by atoms with Crippen molar-refractivity contribution in [2.75, 3.05) is 33.3 Å². The second-order valence-electron chi connectivity index (χ2n) is 6.81. The van der Waals surface area contributed by atoms with Crippen LogP contribution in [0, 0.1) is 0 Å². The lowest BCUT2D eigenvalue weighted by Crippen LogP contribution is -2.48. The van der Waals surface area contributed by atoms with Crippen LogP contribution in [0.25, 0.3) is 6.08 Å². The van der Waals surface area contributed by atoms with E-state index >= 15 is 0 Å². The molecule has 0 spiro atoms. The highest BCUT2D eigenvalue weighted by Gasteiger charge is 2.22. The molecule has 3 rings (SSSR count). The minimum Gasteiger partial charge on any atom is -0.496 e. The Morgan fingerprint density at radius 2 is 1.76 bits per heavy atom. The largest absolute Gasteiger partial charge is 0.496 e. The van der Waals surface area contributed by atoms with Crippen molar-refractivity contribution in [2.24, 2.45) is 0 Å². The van der Waals surface area contributed by atoms with Gasteiger partial charge in [0.15, 0.2) is 0 Å². The number of hydrogen-bond acceptors (Lipinski definition) is 5. The molecule has 0 radical (unpaired) electrons. The topological polar surface area (TPSA) is 82.1 Å². The van der Waals surface area contributed by atoms with E-state index in [2.05, 4.69) is 11.0 Å². The molecule has 7 heteroatoms. The number of carbonyl (C=O) groups excluding carboxylic acids is 2. The van der Waals surface area contributed by atoms with Crippen LogP contribution >= 0.6 is 0 Å². The van der Waals surface area contributed by atoms with Gasteiger partial charge in [0.25, 0.3) is 11.8 Å². The molecule has 152 valence electrons. The number of nitrogens with zero attached hydrogens (tertiary/aromatic N) is 2. The summed E-state index contributed by atoms with van der Waals surface area (Å²) in [6.45, 7) is 3.76. The minimum atomic E-state index is -0.601. The van der Waals surface area contributed by atoms with Crippen molar-refractivity contribution in [3.63, 3.8) is 0 Å². The second-order valence-corrected chi connectivity index (χ2v) is 6.81. The van der Waals surface area contributed by atoms with Crippen molar-refractivity contribution in [1.82, 2.24) is 15.3 Å². The van der Waals surface area contributed by atoms with Crippen molar-refractivity contribution in [2.45, 2.75) is 6.54 Å². The van der Waals surface area contributed by atoms with Crippen molar-refractivity contribution in [3.05, 3.63) is 71.3 Å². The Morgan fingerprint density at radius 1 is 1.07 bits per heavy atom. The molecule has 29 heavy (non-hydrogen) atoms. The number of methoxy groups -OCH3 is 1. The van der Waals surface area contributed by atoms with E-state index in [0.717, 1.165) is 36.5 Å². The van der Waals surface area contributed by atoms with Crippen LogP contribution in [-0.2, 0) is 11.3 Å². The van der Waals surface area contributed by atoms with Crippen molar-refractivity contribution in [3.8, 4) is 5.75 Å². The van der Waals surface area contributed by atoms with Crippen LogP contribution in [0.5, 0.6) is 5.75 Å². The summed E-state index contributed by atoms with van der Waals surface area (Å²) < 4.78 is 5.42. The third kappa shape index (κ3) is 5.43. The van der Waals surface area contributed by atoms with Gasteiger partial charge >= 0.3 is 0 Å². The maximum Gasteiger partial charge on any atom is 0.267 e. The number of benzene rings is 2. The average molecular weight is 395 g/mol. The van der Waals surface area contributed by atoms with Crippen LogP contribution in [0.2, 0.25) is 0 Å². The number of nitrogens with one attached hydrogen (secondary N) is 1. The van der Waals surface area contributed by atoms with E-state index in [0.29, 0.717) is 18.7 Å². The van der Waals surface area contributed by atoms with Gasteiger partial charge in [-0.05, 0) is 29.8 Å². The predicted octanol–water partition coefficient (Wildman–Crippen LogP) is 2.17. The Morgan fingerprint density at radius 3 is 2.41 bits per heavy atom. The average Bonchev–Trinajstić information content (AvgIpc) is 2.78. The molecule has 7 nitrogen and oxygen atoms in total. The molecule has 0 saturated carbocycles. The zero-order chi connectivity index (χ0) is 20.6. The van der Waals surface area contributed by atoms with Gasteiger partial charge in [-0.25, -0.2) is 5.48 Å². The van der Waals surface area contributed by atoms with Gasteiger partial charge in [-0.15, -0.1) is 0 Å². The summed E-state index contributed by atoms with van der Waals surface area (Å²) in [7, 11) is 1.68. The number of hydroxylamine groups is 1. The van der Waals surface area contributed by atoms with E-state index in [4.69, 9.17) is 9.94 Å². The van der Waals surface area contributed by atoms with Gasteiger partial charge in [-0.1, -0.05) is 30.3 Å². The summed E-state index contributed by atoms with van der Waals surface area (Å²) >= 11 is 0. The highest BCUT2D eigenvalue weighted by atomic mass is 16.5. The molecule has 1 saturated heterocycles. The molecule has 1 aliphatic rings. The zero-order valence-electron chi connectivity index (χ0n) is 16.4. The maximum atomic E-state index is 12.8. The van der Waals surface area contributed by atoms with E-state index < -0.39 is 5.91 Å². The van der Waals surface area contributed by atoms with E-state index in [1.165, 1.54) is 11.6 Å². The molecule has 0 bridgehead atoms. The lowest BCUT2D eigenvalue weighted by molar-refractivity contribution is -0.124. The molecule has 2 aromatic carbocycles. The summed E-state index contributed by atoms with van der Waals surface area (Å²) in [4.78, 5) is 28.0. The summed E-state index contributed by atoms with van der Waals surface area (Å²) in [5, 5.41) is 8.49. The van der Waals surface area contributed by atoms with Crippen LogP contribution in [0.4, 0.5) is 0 Å². The molecule has 1 fully saturated rings. The van der Waals surface area contributed by atoms with E-state index in [-0.39, 0.29) is 5.91 Å². The van der Waals surface area contributed by atoms with Crippen molar-refractivity contribution in [1.29, 1.82) is 0 Å². The molecule has 1 aliphatic heterocycles. The van der Waals surface area contributed by atoms with Gasteiger partial charge in [0, 0.05) is 49.9 Å². The normalized spacial score (nSPS) is 14.8. The van der Waals surface area contributed by atoms with Gasteiger partial charge in [0.1, 0.15) is 5.75 Å². The van der Waals surface area contributed by atoms with Crippen molar-refractivity contribution < 1.29 is 19.5 Å². The van der Waals surface area contributed by atoms with Crippen LogP contribution < -0.4 is 10.2 Å². The zero-order valence-corrected chi connectivity index (χ0v) is 16.4. The summed E-state index contributed by atoms with van der Waals surface area (Å²) in [5.41, 5.74) is 4.07. The van der Waals surface area contributed by atoms with Gasteiger partial charge in [-0.3, -0.25) is 19.7 Å². The number of ether oxygens (including phenoxy) is 1. The maximum absolute atomic E-state index is 12.8. The van der Waals surface area contributed by atoms with E-state index in [9.17, 15) is 9.59 Å². The lowest BCUT2D eigenvalue weighted by Gasteiger charge is -2.35. The number of piperazine rings is 1. The van der Waals surface area contributed by atoms with Crippen LogP contribution in [0.1, 0.15) is 21.5 Å². The lowest BCUT2D eigenvalue weighted by atomic mass is 10.1. The number of para-hydroxylation sites is 1. The Balaban J connectivity index is 1.54. The Kier molecular flexibility index (Phi) is 6.99. The standard InChI is InChI=1S/C22H25N3O4/c1-29-20-5-3-2-4-19(20)16-24-12-14-25(15-13-24)22(27)18-9-6-17(7-10-18)8-11-21(26)23-28/h2-11,28H,12-16H2,1H3,(H,23,26).